The molecule has 0 amide bonds. The van der Waals surface area contributed by atoms with Crippen molar-refractivity contribution in [1.82, 2.24) is 0 Å². The first-order valence-corrected chi connectivity index (χ1v) is 14.0. The lowest BCUT2D eigenvalue weighted by Gasteiger charge is -2.62. The van der Waals surface area contributed by atoms with Gasteiger partial charge in [0, 0.05) is 5.41 Å². The molecule has 5 atom stereocenters. The zero-order valence-corrected chi connectivity index (χ0v) is 19.7. The summed E-state index contributed by atoms with van der Waals surface area (Å²) in [6, 6.07) is 0. The third-order valence-corrected chi connectivity index (χ3v) is 13.5. The van der Waals surface area contributed by atoms with E-state index >= 15 is 0 Å². The van der Waals surface area contributed by atoms with Crippen LogP contribution in [0.1, 0.15) is 79.6 Å². The molecule has 3 rings (SSSR count). The zero-order valence-electron chi connectivity index (χ0n) is 18.7. The molecule has 0 heterocycles. The minimum Gasteiger partial charge on any atom is -0.413 e. The highest BCUT2D eigenvalue weighted by molar-refractivity contribution is 6.74. The monoisotopic (exact) mass is 394 g/mol. The maximum atomic E-state index is 10.6. The number of hydrogen-bond donors (Lipinski definition) is 2. The molecule has 0 saturated heterocycles. The molecule has 0 unspecified atom stereocenters. The first kappa shape index (κ1) is 21.5. The Bertz CT molecular complexity index is 605. The van der Waals surface area contributed by atoms with E-state index < -0.39 is 8.32 Å². The average molecular weight is 395 g/mol. The molecule has 0 spiro atoms. The number of rotatable bonds is 3. The Balaban J connectivity index is 1.98. The van der Waals surface area contributed by atoms with Crippen LogP contribution in [0.2, 0.25) is 18.1 Å². The molecule has 27 heavy (non-hydrogen) atoms. The van der Waals surface area contributed by atoms with Crippen LogP contribution in [0.25, 0.3) is 0 Å². The highest BCUT2D eigenvalue weighted by Crippen LogP contribution is 2.64. The number of aliphatic hydroxyl groups is 2. The maximum absolute atomic E-state index is 10.6. The van der Waals surface area contributed by atoms with Gasteiger partial charge < -0.3 is 14.6 Å². The molecule has 0 aromatic carbocycles. The van der Waals surface area contributed by atoms with Crippen molar-refractivity contribution < 1.29 is 14.6 Å². The second-order valence-electron chi connectivity index (χ2n) is 11.4. The Kier molecular flexibility index (Phi) is 5.56. The smallest absolute Gasteiger partial charge is 0.192 e. The van der Waals surface area contributed by atoms with Gasteiger partial charge in [-0.05, 0) is 80.5 Å². The normalized spacial score (nSPS) is 40.6. The van der Waals surface area contributed by atoms with Gasteiger partial charge in [0.15, 0.2) is 8.32 Å². The van der Waals surface area contributed by atoms with Gasteiger partial charge in [0.1, 0.15) is 0 Å². The first-order valence-electron chi connectivity index (χ1n) is 11.1. The summed E-state index contributed by atoms with van der Waals surface area (Å²) in [7, 11) is -1.83. The number of hydrogen-bond acceptors (Lipinski definition) is 3. The summed E-state index contributed by atoms with van der Waals surface area (Å²) >= 11 is 0. The maximum Gasteiger partial charge on any atom is 0.192 e. The van der Waals surface area contributed by atoms with Crippen molar-refractivity contribution >= 4 is 8.32 Å². The minimum absolute atomic E-state index is 0.128. The van der Waals surface area contributed by atoms with Crippen molar-refractivity contribution in [1.29, 1.82) is 0 Å². The lowest BCUT2D eigenvalue weighted by molar-refractivity contribution is -0.120. The van der Waals surface area contributed by atoms with Crippen LogP contribution in [0.4, 0.5) is 0 Å². The van der Waals surface area contributed by atoms with E-state index in [-0.39, 0.29) is 28.6 Å². The van der Waals surface area contributed by atoms with Crippen molar-refractivity contribution in [3.8, 4) is 0 Å². The second kappa shape index (κ2) is 6.96. The molecule has 0 bridgehead atoms. The quantitative estimate of drug-likeness (QED) is 0.496. The van der Waals surface area contributed by atoms with Crippen LogP contribution in [0.15, 0.2) is 11.1 Å². The van der Waals surface area contributed by atoms with E-state index in [0.717, 1.165) is 37.7 Å². The molecule has 0 radical (unpaired) electrons. The molecule has 2 N–H and O–H groups in total. The summed E-state index contributed by atoms with van der Waals surface area (Å²) in [6.07, 6.45) is 7.35. The highest BCUT2D eigenvalue weighted by Gasteiger charge is 2.59. The Morgan fingerprint density at radius 2 is 1.81 bits per heavy atom. The van der Waals surface area contributed by atoms with Crippen molar-refractivity contribution in [3.05, 3.63) is 11.1 Å². The largest absolute Gasteiger partial charge is 0.413 e. The Hall–Kier alpha value is -0.163. The van der Waals surface area contributed by atoms with Gasteiger partial charge in [0.25, 0.3) is 0 Å². The van der Waals surface area contributed by atoms with Crippen LogP contribution in [0, 0.1) is 16.7 Å². The molecule has 0 aromatic heterocycles. The second-order valence-corrected chi connectivity index (χ2v) is 16.1. The van der Waals surface area contributed by atoms with Crippen LogP contribution in [-0.2, 0) is 4.43 Å². The van der Waals surface area contributed by atoms with Crippen molar-refractivity contribution in [2.75, 3.05) is 6.61 Å². The molecular formula is C23H42O3Si. The fourth-order valence-electron chi connectivity index (χ4n) is 6.23. The summed E-state index contributed by atoms with van der Waals surface area (Å²) in [5.74, 6) is 0.463. The average Bonchev–Trinajstić information content (AvgIpc) is 2.57. The lowest BCUT2D eigenvalue weighted by atomic mass is 9.45. The van der Waals surface area contributed by atoms with Gasteiger partial charge in [-0.1, -0.05) is 39.7 Å². The molecule has 0 aliphatic heterocycles. The SMILES string of the molecule is CC1=C2CC[C@]3(C)[C@H](CCC[C@H]3O[Si](C)(C)C(C)(C)C)[C@@]2(CO)CC[C@@H]1O. The molecule has 2 saturated carbocycles. The van der Waals surface area contributed by atoms with E-state index in [1.54, 1.807) is 0 Å². The van der Waals surface area contributed by atoms with Crippen molar-refractivity contribution in [2.24, 2.45) is 16.7 Å². The van der Waals surface area contributed by atoms with Crippen LogP contribution >= 0.6 is 0 Å². The van der Waals surface area contributed by atoms with Crippen molar-refractivity contribution in [2.45, 2.75) is 110 Å². The molecule has 3 aliphatic carbocycles. The first-order chi connectivity index (χ1) is 12.4. The predicted molar refractivity (Wildman–Crippen MR) is 114 cm³/mol. The van der Waals surface area contributed by atoms with Crippen LogP contribution in [-0.4, -0.2) is 37.3 Å². The van der Waals surface area contributed by atoms with Gasteiger partial charge in [-0.15, -0.1) is 0 Å². The Morgan fingerprint density at radius 1 is 1.15 bits per heavy atom. The molecule has 0 aromatic rings. The van der Waals surface area contributed by atoms with Crippen LogP contribution < -0.4 is 0 Å². The lowest BCUT2D eigenvalue weighted by Crippen LogP contribution is -2.59. The topological polar surface area (TPSA) is 49.7 Å². The van der Waals surface area contributed by atoms with Gasteiger partial charge in [0.2, 0.25) is 0 Å². The van der Waals surface area contributed by atoms with Gasteiger partial charge >= 0.3 is 0 Å². The highest BCUT2D eigenvalue weighted by atomic mass is 28.4. The van der Waals surface area contributed by atoms with Crippen LogP contribution in [0.5, 0.6) is 0 Å². The summed E-state index contributed by atoms with van der Waals surface area (Å²) < 4.78 is 7.02. The van der Waals surface area contributed by atoms with Gasteiger partial charge in [0.05, 0.1) is 18.8 Å². The summed E-state index contributed by atoms with van der Waals surface area (Å²) in [5.41, 5.74) is 2.51. The van der Waals surface area contributed by atoms with E-state index in [1.807, 2.05) is 0 Å². The minimum atomic E-state index is -1.83. The third kappa shape index (κ3) is 3.29. The zero-order chi connectivity index (χ0) is 20.3. The van der Waals surface area contributed by atoms with E-state index in [2.05, 4.69) is 47.7 Å². The summed E-state index contributed by atoms with van der Waals surface area (Å²) in [5, 5.41) is 21.3. The molecule has 2 fully saturated rings. The fraction of sp³-hybridized carbons (Fsp3) is 0.913. The molecule has 3 aliphatic rings. The van der Waals surface area contributed by atoms with Gasteiger partial charge in [-0.2, -0.15) is 0 Å². The molecular weight excluding hydrogens is 352 g/mol. The standard InChI is InChI=1S/C23H42O3Si/c1-16-17-11-13-22(5)19(23(17,15-24)14-12-18(16)25)9-8-10-20(22)26-27(6,7)21(2,3)4/h18-20,24-25H,8-15H2,1-7H3/t18-,19-,20+,22+,23+/m0/s1. The van der Waals surface area contributed by atoms with Crippen LogP contribution in [0.3, 0.4) is 0 Å². The van der Waals surface area contributed by atoms with Gasteiger partial charge in [-0.25, -0.2) is 0 Å². The Morgan fingerprint density at radius 3 is 2.41 bits per heavy atom. The summed E-state index contributed by atoms with van der Waals surface area (Å²) in [6.45, 7) is 16.5. The van der Waals surface area contributed by atoms with Gasteiger partial charge in [-0.3, -0.25) is 0 Å². The van der Waals surface area contributed by atoms with Crippen molar-refractivity contribution in [3.63, 3.8) is 0 Å². The fourth-order valence-corrected chi connectivity index (χ4v) is 7.68. The molecule has 4 heteroatoms. The summed E-state index contributed by atoms with van der Waals surface area (Å²) in [4.78, 5) is 0. The number of aliphatic hydroxyl groups excluding tert-OH is 2. The molecule has 156 valence electrons. The molecule has 3 nitrogen and oxygen atoms in total. The van der Waals surface area contributed by atoms with E-state index in [0.29, 0.717) is 12.0 Å². The van der Waals surface area contributed by atoms with E-state index in [1.165, 1.54) is 18.4 Å². The third-order valence-electron chi connectivity index (χ3n) is 9.04. The predicted octanol–water partition coefficient (Wildman–Crippen LogP) is 5.43. The number of fused-ring (bicyclic) bond motifs is 3. The van der Waals surface area contributed by atoms with E-state index in [4.69, 9.17) is 4.43 Å². The van der Waals surface area contributed by atoms with E-state index in [9.17, 15) is 10.2 Å². The Labute approximate surface area is 167 Å².